The summed E-state index contributed by atoms with van der Waals surface area (Å²) < 4.78 is 5.41. The lowest BCUT2D eigenvalue weighted by Crippen LogP contribution is -2.20. The Kier molecular flexibility index (Phi) is 2.40. The zero-order valence-electron chi connectivity index (χ0n) is 9.88. The van der Waals surface area contributed by atoms with E-state index in [0.717, 1.165) is 12.0 Å². The highest BCUT2D eigenvalue weighted by Crippen LogP contribution is 2.69. The van der Waals surface area contributed by atoms with Gasteiger partial charge in [-0.2, -0.15) is 0 Å². The third-order valence-corrected chi connectivity index (χ3v) is 4.26. The van der Waals surface area contributed by atoms with Crippen LogP contribution in [-0.4, -0.2) is 12.1 Å². The van der Waals surface area contributed by atoms with E-state index in [1.165, 1.54) is 6.42 Å². The molecule has 0 radical (unpaired) electrons. The van der Waals surface area contributed by atoms with Gasteiger partial charge in [-0.3, -0.25) is 4.79 Å². The lowest BCUT2D eigenvalue weighted by atomic mass is 9.89. The zero-order valence-corrected chi connectivity index (χ0v) is 9.88. The maximum atomic E-state index is 11.2. The van der Waals surface area contributed by atoms with Crippen molar-refractivity contribution >= 4 is 5.97 Å². The Morgan fingerprint density at radius 2 is 2.27 bits per heavy atom. The molecule has 2 nitrogen and oxygen atoms in total. The molecule has 2 rings (SSSR count). The third-order valence-electron chi connectivity index (χ3n) is 4.26. The van der Waals surface area contributed by atoms with E-state index in [4.69, 9.17) is 4.74 Å². The van der Waals surface area contributed by atoms with Crippen LogP contribution in [0.5, 0.6) is 0 Å². The number of fused-ring (bicyclic) bond motifs is 1. The van der Waals surface area contributed by atoms with Crippen molar-refractivity contribution in [3.8, 4) is 0 Å². The molecule has 0 aromatic carbocycles. The molecule has 3 unspecified atom stereocenters. The molecule has 2 heteroatoms. The highest BCUT2D eigenvalue weighted by atomic mass is 16.5. The minimum Gasteiger partial charge on any atom is -0.458 e. The Hall–Kier alpha value is -0.790. The maximum Gasteiger partial charge on any atom is 0.306 e. The minimum absolute atomic E-state index is 0.00130. The van der Waals surface area contributed by atoms with E-state index in [1.54, 1.807) is 0 Å². The van der Waals surface area contributed by atoms with Gasteiger partial charge in [0.2, 0.25) is 0 Å². The number of esters is 1. The first kappa shape index (κ1) is 10.7. The van der Waals surface area contributed by atoms with Gasteiger partial charge in [0.05, 0.1) is 0 Å². The quantitative estimate of drug-likeness (QED) is 0.526. The first-order chi connectivity index (χ1) is 7.01. The van der Waals surface area contributed by atoms with Crippen molar-refractivity contribution in [3.63, 3.8) is 0 Å². The minimum atomic E-state index is -0.0960. The Balaban J connectivity index is 2.02. The molecular weight excluding hydrogens is 188 g/mol. The Labute approximate surface area is 91.7 Å². The molecule has 0 amide bonds. The summed E-state index contributed by atoms with van der Waals surface area (Å²) in [5, 5.41) is 0. The average molecular weight is 208 g/mol. The van der Waals surface area contributed by atoms with Crippen LogP contribution in [0, 0.1) is 17.3 Å². The normalized spacial score (nSPS) is 38.0. The molecule has 0 spiro atoms. The van der Waals surface area contributed by atoms with Gasteiger partial charge in [0, 0.05) is 6.42 Å². The van der Waals surface area contributed by atoms with Gasteiger partial charge in [0.15, 0.2) is 0 Å². The van der Waals surface area contributed by atoms with Gasteiger partial charge < -0.3 is 4.74 Å². The zero-order chi connectivity index (χ0) is 11.2. The molecule has 0 aromatic heterocycles. The summed E-state index contributed by atoms with van der Waals surface area (Å²) in [7, 11) is 0. The molecule has 0 N–H and O–H groups in total. The van der Waals surface area contributed by atoms with Crippen molar-refractivity contribution in [1.29, 1.82) is 0 Å². The fraction of sp³-hybridized carbons (Fsp3) is 0.769. The molecule has 2 saturated carbocycles. The number of rotatable bonds is 3. The number of hydrogen-bond donors (Lipinski definition) is 0. The van der Waals surface area contributed by atoms with Crippen molar-refractivity contribution in [2.75, 3.05) is 0 Å². The fourth-order valence-corrected chi connectivity index (χ4v) is 2.98. The van der Waals surface area contributed by atoms with Crippen LogP contribution >= 0.6 is 0 Å². The van der Waals surface area contributed by atoms with Gasteiger partial charge in [0.25, 0.3) is 0 Å². The molecule has 0 bridgehead atoms. The summed E-state index contributed by atoms with van der Waals surface area (Å²) >= 11 is 0. The Morgan fingerprint density at radius 3 is 2.73 bits per heavy atom. The second-order valence-electron chi connectivity index (χ2n) is 5.26. The fourth-order valence-electron chi connectivity index (χ4n) is 2.98. The van der Waals surface area contributed by atoms with E-state index in [-0.39, 0.29) is 12.1 Å². The van der Waals surface area contributed by atoms with Crippen LogP contribution in [0.1, 0.15) is 40.0 Å². The van der Waals surface area contributed by atoms with E-state index < -0.39 is 0 Å². The molecule has 84 valence electrons. The van der Waals surface area contributed by atoms with Crippen molar-refractivity contribution in [2.24, 2.45) is 17.3 Å². The number of hydrogen-bond acceptors (Lipinski definition) is 2. The summed E-state index contributed by atoms with van der Waals surface area (Å²) in [6, 6.07) is 0. The van der Waals surface area contributed by atoms with Crippen molar-refractivity contribution in [2.45, 2.75) is 46.1 Å². The van der Waals surface area contributed by atoms with Gasteiger partial charge in [-0.15, -0.1) is 0 Å². The average Bonchev–Trinajstić information content (AvgIpc) is 2.85. The second kappa shape index (κ2) is 3.36. The highest BCUT2D eigenvalue weighted by Gasteiger charge is 2.64. The molecule has 0 heterocycles. The molecule has 2 fully saturated rings. The lowest BCUT2D eigenvalue weighted by molar-refractivity contribution is -0.147. The second-order valence-corrected chi connectivity index (χ2v) is 5.26. The van der Waals surface area contributed by atoms with E-state index in [0.29, 0.717) is 23.7 Å². The van der Waals surface area contributed by atoms with E-state index in [9.17, 15) is 4.79 Å². The van der Waals surface area contributed by atoms with Gasteiger partial charge in [-0.25, -0.2) is 0 Å². The third kappa shape index (κ3) is 1.51. The number of carbonyl (C=O) groups excluding carboxylic acids is 1. The maximum absolute atomic E-state index is 11.2. The monoisotopic (exact) mass is 208 g/mol. The van der Waals surface area contributed by atoms with Gasteiger partial charge in [-0.1, -0.05) is 27.4 Å². The van der Waals surface area contributed by atoms with Crippen LogP contribution in [0.15, 0.2) is 12.2 Å². The summed E-state index contributed by atoms with van der Waals surface area (Å²) in [4.78, 5) is 11.2. The van der Waals surface area contributed by atoms with E-state index >= 15 is 0 Å². The van der Waals surface area contributed by atoms with Crippen LogP contribution in [0.4, 0.5) is 0 Å². The number of carbonyl (C=O) groups is 1. The largest absolute Gasteiger partial charge is 0.458 e. The lowest BCUT2D eigenvalue weighted by Gasteiger charge is -2.20. The first-order valence-electron chi connectivity index (χ1n) is 5.89. The smallest absolute Gasteiger partial charge is 0.306 e. The molecule has 0 aliphatic heterocycles. The van der Waals surface area contributed by atoms with E-state index in [2.05, 4.69) is 20.4 Å². The molecule has 0 saturated heterocycles. The van der Waals surface area contributed by atoms with Crippen molar-refractivity contribution in [1.82, 2.24) is 0 Å². The summed E-state index contributed by atoms with van der Waals surface area (Å²) in [5.74, 6) is 1.19. The van der Waals surface area contributed by atoms with Gasteiger partial charge in [0.1, 0.15) is 6.10 Å². The highest BCUT2D eigenvalue weighted by molar-refractivity contribution is 5.69. The molecule has 3 atom stereocenters. The molecule has 2 aliphatic carbocycles. The number of ether oxygens (including phenoxy) is 1. The van der Waals surface area contributed by atoms with E-state index in [1.807, 2.05) is 6.92 Å². The first-order valence-corrected chi connectivity index (χ1v) is 5.89. The molecular formula is C13H20O2. The summed E-state index contributed by atoms with van der Waals surface area (Å²) in [6.45, 7) is 10.5. The predicted octanol–water partition coefficient (Wildman–Crippen LogP) is 2.93. The van der Waals surface area contributed by atoms with Crippen LogP contribution in [0.2, 0.25) is 0 Å². The Bertz CT molecular complexity index is 306. The summed E-state index contributed by atoms with van der Waals surface area (Å²) in [5.41, 5.74) is 1.57. The van der Waals surface area contributed by atoms with Crippen LogP contribution in [0.3, 0.4) is 0 Å². The topological polar surface area (TPSA) is 26.3 Å². The molecule has 0 aromatic rings. The van der Waals surface area contributed by atoms with Crippen LogP contribution in [-0.2, 0) is 9.53 Å². The van der Waals surface area contributed by atoms with Crippen molar-refractivity contribution in [3.05, 3.63) is 12.2 Å². The van der Waals surface area contributed by atoms with Gasteiger partial charge in [-0.05, 0) is 35.7 Å². The molecule has 2 aliphatic rings. The van der Waals surface area contributed by atoms with Crippen molar-refractivity contribution < 1.29 is 9.53 Å². The van der Waals surface area contributed by atoms with Crippen LogP contribution < -0.4 is 0 Å². The predicted molar refractivity (Wildman–Crippen MR) is 59.3 cm³/mol. The van der Waals surface area contributed by atoms with Gasteiger partial charge >= 0.3 is 5.97 Å². The SMILES string of the molecule is C=C1C(OC(=O)CC)CC2(C(C)C)CC12. The summed E-state index contributed by atoms with van der Waals surface area (Å²) in [6.07, 6.45) is 2.71. The van der Waals surface area contributed by atoms with Crippen LogP contribution in [0.25, 0.3) is 0 Å². The Morgan fingerprint density at radius 1 is 1.60 bits per heavy atom. The molecule has 15 heavy (non-hydrogen) atoms. The standard InChI is InChI=1S/C13H20O2/c1-5-12(14)15-11-7-13(8(2)3)6-10(13)9(11)4/h8,10-11H,4-7H2,1-3H3.